The van der Waals surface area contributed by atoms with Gasteiger partial charge in [-0.2, -0.15) is 20.4 Å². The summed E-state index contributed by atoms with van der Waals surface area (Å²) in [6, 6.07) is 0. The smallest absolute Gasteiger partial charge is 0.138 e. The Bertz CT molecular complexity index is 1200. The Morgan fingerprint density at radius 1 is 0.600 bits per heavy atom. The molecule has 8 heterocycles. The van der Waals surface area contributed by atoms with Crippen molar-refractivity contribution in [2.75, 3.05) is 26.2 Å². The van der Waals surface area contributed by atoms with E-state index in [-0.39, 0.29) is 0 Å². The second-order valence-electron chi connectivity index (χ2n) is 11.9. The van der Waals surface area contributed by atoms with E-state index >= 15 is 0 Å². The molecule has 4 unspecified atom stereocenters. The van der Waals surface area contributed by atoms with Crippen molar-refractivity contribution in [2.45, 2.75) is 79.3 Å². The van der Waals surface area contributed by atoms with E-state index in [2.05, 4.69) is 68.0 Å². The first-order chi connectivity index (χ1) is 19.4. The Hall–Kier alpha value is -3.44. The Labute approximate surface area is 237 Å². The van der Waals surface area contributed by atoms with E-state index in [1.54, 1.807) is 12.7 Å². The molecule has 40 heavy (non-hydrogen) atoms. The molecule has 12 nitrogen and oxygen atoms in total. The molecule has 2 saturated heterocycles. The summed E-state index contributed by atoms with van der Waals surface area (Å²) in [6.45, 7) is 14.7. The van der Waals surface area contributed by atoms with Crippen LogP contribution in [0.4, 0.5) is 0 Å². The van der Waals surface area contributed by atoms with E-state index in [9.17, 15) is 0 Å². The highest BCUT2D eigenvalue weighted by atomic mass is 15.5. The third-order valence-electron chi connectivity index (χ3n) is 7.90. The van der Waals surface area contributed by atoms with Gasteiger partial charge in [-0.3, -0.25) is 24.7 Å². The molecule has 0 amide bonds. The van der Waals surface area contributed by atoms with Crippen LogP contribution in [0.1, 0.15) is 65.0 Å². The fourth-order valence-corrected chi connectivity index (χ4v) is 5.63. The summed E-state index contributed by atoms with van der Waals surface area (Å²) in [7, 11) is 0. The van der Waals surface area contributed by atoms with Crippen LogP contribution < -0.4 is 0 Å². The maximum Gasteiger partial charge on any atom is 0.138 e. The van der Waals surface area contributed by atoms with Crippen LogP contribution in [-0.4, -0.2) is 89.8 Å². The van der Waals surface area contributed by atoms with Crippen LogP contribution in [-0.2, 0) is 25.9 Å². The molecule has 0 N–H and O–H groups in total. The monoisotopic (exact) mass is 548 g/mol. The first kappa shape index (κ1) is 28.1. The lowest BCUT2D eigenvalue weighted by molar-refractivity contribution is 0.334. The Balaban J connectivity index is 0.000000108. The number of rotatable bonds is 0. The minimum atomic E-state index is 0.731. The minimum absolute atomic E-state index is 0.731. The van der Waals surface area contributed by atoms with Crippen LogP contribution in [0, 0.1) is 23.7 Å². The lowest BCUT2D eigenvalue weighted by atomic mass is 9.99. The van der Waals surface area contributed by atoms with Gasteiger partial charge in [-0.25, -0.2) is 14.6 Å². The van der Waals surface area contributed by atoms with Gasteiger partial charge in [-0.05, 0) is 36.5 Å². The van der Waals surface area contributed by atoms with E-state index in [0.29, 0.717) is 0 Å². The van der Waals surface area contributed by atoms with Crippen molar-refractivity contribution in [1.82, 2.24) is 39.5 Å². The van der Waals surface area contributed by atoms with Crippen molar-refractivity contribution < 1.29 is 0 Å². The molecule has 2 aromatic rings. The zero-order valence-corrected chi connectivity index (χ0v) is 24.5. The van der Waals surface area contributed by atoms with Gasteiger partial charge >= 0.3 is 0 Å². The number of hydrazone groups is 2. The second kappa shape index (κ2) is 13.3. The normalized spacial score (nSPS) is 27.3. The van der Waals surface area contributed by atoms with Gasteiger partial charge in [-0.1, -0.05) is 27.7 Å². The number of amidine groups is 2. The summed E-state index contributed by atoms with van der Waals surface area (Å²) in [5.41, 5.74) is 0. The predicted molar refractivity (Wildman–Crippen MR) is 158 cm³/mol. The van der Waals surface area contributed by atoms with Crippen LogP contribution in [0.2, 0.25) is 0 Å². The highest BCUT2D eigenvalue weighted by Crippen LogP contribution is 2.20. The van der Waals surface area contributed by atoms with Crippen LogP contribution in [0.3, 0.4) is 0 Å². The van der Waals surface area contributed by atoms with Gasteiger partial charge in [-0.15, -0.1) is 0 Å². The fraction of sp³-hybridized carbons (Fsp3) is 0.714. The molecular formula is C28H44N12. The molecule has 6 aliphatic rings. The number of nitrogens with zero attached hydrogens (tertiary/aromatic N) is 12. The van der Waals surface area contributed by atoms with Crippen molar-refractivity contribution >= 4 is 24.1 Å². The van der Waals surface area contributed by atoms with E-state index in [1.165, 1.54) is 24.5 Å². The number of hydrogen-bond donors (Lipinski definition) is 0. The van der Waals surface area contributed by atoms with E-state index in [1.807, 2.05) is 31.8 Å². The largest absolute Gasteiger partial charge is 0.265 e. The van der Waals surface area contributed by atoms with Crippen LogP contribution in [0.5, 0.6) is 0 Å². The van der Waals surface area contributed by atoms with E-state index in [4.69, 9.17) is 0 Å². The summed E-state index contributed by atoms with van der Waals surface area (Å²) >= 11 is 0. The zero-order valence-electron chi connectivity index (χ0n) is 24.5. The first-order valence-electron chi connectivity index (χ1n) is 14.8. The SMILES string of the molecule is CC1CC2=NCC=NN2C1.CC1CCN2N=CCN=C2C1.CC1CCn2ncnc2C1.CC1Cc2ncnn2C1. The van der Waals surface area contributed by atoms with Gasteiger partial charge in [0.05, 0.1) is 13.1 Å². The predicted octanol–water partition coefficient (Wildman–Crippen LogP) is 3.17. The van der Waals surface area contributed by atoms with E-state index < -0.39 is 0 Å². The highest BCUT2D eigenvalue weighted by molar-refractivity contribution is 5.88. The van der Waals surface area contributed by atoms with Gasteiger partial charge < -0.3 is 0 Å². The first-order valence-corrected chi connectivity index (χ1v) is 14.8. The van der Waals surface area contributed by atoms with Gasteiger partial charge in [0.25, 0.3) is 0 Å². The quantitative estimate of drug-likeness (QED) is 0.499. The standard InChI is InChI=1S/C8H13N3.2C7H11N3.C6H9N3/c1-7-2-5-11-8(6-7)9-3-4-10-11;1-6-4-7-8-2-3-9-10(7)5-6;1-6-2-3-10-7(4-6)8-5-9-10;1-5-2-6-7-4-8-9(6)3-5/h4,7H,2-3,5-6H2,1H3;3,6H,2,4-5H2,1H3;5-6H,2-4H2,1H3;4-5H,2-3H2,1H3. The van der Waals surface area contributed by atoms with Gasteiger partial charge in [0.2, 0.25) is 0 Å². The minimum Gasteiger partial charge on any atom is -0.265 e. The number of aryl methyl sites for hydroxylation is 1. The molecule has 2 aromatic heterocycles. The molecule has 8 rings (SSSR count). The molecule has 6 aliphatic heterocycles. The van der Waals surface area contributed by atoms with Gasteiger partial charge in [0.1, 0.15) is 36.0 Å². The van der Waals surface area contributed by atoms with Gasteiger partial charge in [0.15, 0.2) is 0 Å². The van der Waals surface area contributed by atoms with E-state index in [0.717, 1.165) is 100 Å². The van der Waals surface area contributed by atoms with Crippen molar-refractivity contribution in [2.24, 2.45) is 43.9 Å². The molecule has 0 aliphatic carbocycles. The molecule has 216 valence electrons. The molecule has 0 saturated carbocycles. The number of piperidine rings is 1. The topological polar surface area (TPSA) is 117 Å². The Morgan fingerprint density at radius 2 is 1.15 bits per heavy atom. The average Bonchev–Trinajstić information content (AvgIpc) is 3.73. The fourth-order valence-electron chi connectivity index (χ4n) is 5.63. The molecule has 0 aromatic carbocycles. The number of aromatic nitrogens is 6. The molecular weight excluding hydrogens is 504 g/mol. The third-order valence-corrected chi connectivity index (χ3v) is 7.90. The van der Waals surface area contributed by atoms with Crippen molar-refractivity contribution in [3.05, 3.63) is 24.3 Å². The van der Waals surface area contributed by atoms with Crippen molar-refractivity contribution in [1.29, 1.82) is 0 Å². The van der Waals surface area contributed by atoms with Crippen molar-refractivity contribution in [3.63, 3.8) is 0 Å². The molecule has 0 radical (unpaired) electrons. The Morgan fingerprint density at radius 3 is 1.88 bits per heavy atom. The molecule has 4 atom stereocenters. The molecule has 12 heteroatoms. The number of fused-ring (bicyclic) bond motifs is 4. The summed E-state index contributed by atoms with van der Waals surface area (Å²) in [4.78, 5) is 17.0. The van der Waals surface area contributed by atoms with Gasteiger partial charge in [0, 0.05) is 64.3 Å². The molecule has 2 fully saturated rings. The maximum atomic E-state index is 4.40. The average molecular weight is 549 g/mol. The van der Waals surface area contributed by atoms with Crippen LogP contribution in [0.15, 0.2) is 32.8 Å². The highest BCUT2D eigenvalue weighted by Gasteiger charge is 2.25. The van der Waals surface area contributed by atoms with Crippen LogP contribution in [0.25, 0.3) is 0 Å². The molecule has 0 spiro atoms. The summed E-state index contributed by atoms with van der Waals surface area (Å²) in [5.74, 6) is 7.70. The number of hydrogen-bond acceptors (Lipinski definition) is 10. The lowest BCUT2D eigenvalue weighted by Crippen LogP contribution is -2.36. The van der Waals surface area contributed by atoms with Crippen LogP contribution >= 0.6 is 0 Å². The van der Waals surface area contributed by atoms with Crippen molar-refractivity contribution in [3.8, 4) is 0 Å². The summed E-state index contributed by atoms with van der Waals surface area (Å²) in [6.07, 6.45) is 13.9. The molecule has 0 bridgehead atoms. The lowest BCUT2D eigenvalue weighted by Gasteiger charge is -2.30. The third kappa shape index (κ3) is 7.39. The maximum absolute atomic E-state index is 4.40. The number of aliphatic imine (C=N–C) groups is 2. The summed E-state index contributed by atoms with van der Waals surface area (Å²) in [5, 5.41) is 20.7. The summed E-state index contributed by atoms with van der Waals surface area (Å²) < 4.78 is 3.98. The zero-order chi connectivity index (χ0) is 27.9. The second-order valence-corrected chi connectivity index (χ2v) is 11.9. The Kier molecular flexibility index (Phi) is 9.33.